The molecule has 0 aliphatic carbocycles. The van der Waals surface area contributed by atoms with Crippen LogP contribution in [0.4, 0.5) is 0 Å². The molecule has 0 aliphatic rings. The molecule has 25 heavy (non-hydrogen) atoms. The van der Waals surface area contributed by atoms with Crippen LogP contribution < -0.4 is 10.6 Å². The van der Waals surface area contributed by atoms with Crippen molar-refractivity contribution in [1.29, 1.82) is 0 Å². The van der Waals surface area contributed by atoms with Gasteiger partial charge < -0.3 is 15.2 Å². The Hall–Kier alpha value is -1.57. The number of nitrogens with zero attached hydrogens (tertiary/aromatic N) is 2. The first kappa shape index (κ1) is 21.5. The van der Waals surface area contributed by atoms with Gasteiger partial charge in [0.2, 0.25) is 0 Å². The highest BCUT2D eigenvalue weighted by atomic mass is 127. The van der Waals surface area contributed by atoms with Crippen LogP contribution in [0, 0.1) is 13.8 Å². The van der Waals surface area contributed by atoms with E-state index in [4.69, 9.17) is 4.52 Å². The normalized spacial score (nSPS) is 11.4. The third-order valence-electron chi connectivity index (χ3n) is 4.01. The molecule has 1 aromatic heterocycles. The van der Waals surface area contributed by atoms with Gasteiger partial charge in [0.25, 0.3) is 0 Å². The molecule has 6 heteroatoms. The third kappa shape index (κ3) is 6.68. The van der Waals surface area contributed by atoms with Crippen LogP contribution in [0.5, 0.6) is 0 Å². The van der Waals surface area contributed by atoms with Crippen LogP contribution in [-0.4, -0.2) is 24.7 Å². The lowest BCUT2D eigenvalue weighted by Gasteiger charge is -2.12. The zero-order valence-electron chi connectivity index (χ0n) is 15.7. The third-order valence-corrected chi connectivity index (χ3v) is 4.01. The molecule has 2 N–H and O–H groups in total. The summed E-state index contributed by atoms with van der Waals surface area (Å²) in [4.78, 5) is 4.25. The molecule has 0 amide bonds. The zero-order valence-corrected chi connectivity index (χ0v) is 18.0. The fraction of sp³-hybridized carbons (Fsp3) is 0.474. The van der Waals surface area contributed by atoms with Crippen molar-refractivity contribution >= 4 is 29.9 Å². The smallest absolute Gasteiger partial charge is 0.191 e. The van der Waals surface area contributed by atoms with Crippen molar-refractivity contribution in [2.24, 2.45) is 4.99 Å². The molecule has 138 valence electrons. The second-order valence-electron chi connectivity index (χ2n) is 6.41. The van der Waals surface area contributed by atoms with E-state index in [0.29, 0.717) is 12.5 Å². The summed E-state index contributed by atoms with van der Waals surface area (Å²) in [5.74, 6) is 1.95. The minimum Gasteiger partial charge on any atom is -0.359 e. The van der Waals surface area contributed by atoms with E-state index in [0.717, 1.165) is 30.4 Å². The summed E-state index contributed by atoms with van der Waals surface area (Å²) >= 11 is 0. The number of hydrogen-bond acceptors (Lipinski definition) is 3. The topological polar surface area (TPSA) is 62.5 Å². The first-order chi connectivity index (χ1) is 11.5. The molecular weight excluding hydrogens is 427 g/mol. The Morgan fingerprint density at radius 1 is 1.20 bits per heavy atom. The highest BCUT2D eigenvalue weighted by molar-refractivity contribution is 14.0. The Bertz CT molecular complexity index is 694. The van der Waals surface area contributed by atoms with Crippen molar-refractivity contribution in [3.8, 4) is 0 Å². The Balaban J connectivity index is 0.00000312. The molecule has 2 rings (SSSR count). The van der Waals surface area contributed by atoms with Crippen molar-refractivity contribution in [1.82, 2.24) is 15.8 Å². The summed E-state index contributed by atoms with van der Waals surface area (Å²) in [6, 6.07) is 8.56. The van der Waals surface area contributed by atoms with E-state index in [1.54, 1.807) is 7.05 Å². The van der Waals surface area contributed by atoms with Gasteiger partial charge in [-0.1, -0.05) is 42.8 Å². The number of aliphatic imine (C=N–C) groups is 1. The average Bonchev–Trinajstić information content (AvgIpc) is 3.01. The lowest BCUT2D eigenvalue weighted by Crippen LogP contribution is -2.37. The number of guanidine groups is 1. The summed E-state index contributed by atoms with van der Waals surface area (Å²) in [5, 5.41) is 10.7. The van der Waals surface area contributed by atoms with Gasteiger partial charge in [0, 0.05) is 19.7 Å². The molecule has 0 unspecified atom stereocenters. The van der Waals surface area contributed by atoms with Crippen LogP contribution in [-0.2, 0) is 13.0 Å². The number of nitrogens with one attached hydrogen (secondary N) is 2. The summed E-state index contributed by atoms with van der Waals surface area (Å²) in [7, 11) is 1.77. The minimum absolute atomic E-state index is 0. The number of aryl methyl sites for hydroxylation is 2. The number of hydrogen-bond donors (Lipinski definition) is 2. The maximum Gasteiger partial charge on any atom is 0.191 e. The van der Waals surface area contributed by atoms with Crippen molar-refractivity contribution in [3.63, 3.8) is 0 Å². The van der Waals surface area contributed by atoms with Gasteiger partial charge in [-0.15, -0.1) is 24.0 Å². The standard InChI is InChI=1S/C19H28N4O.HI/c1-13(2)18-11-17(24-23-18)12-22-19(20-5)21-9-8-16-7-6-14(3)10-15(16)4;/h6-7,10-11,13H,8-9,12H2,1-5H3,(H2,20,21,22);1H. The first-order valence-electron chi connectivity index (χ1n) is 8.45. The molecule has 1 aromatic carbocycles. The Morgan fingerprint density at radius 2 is 1.96 bits per heavy atom. The molecule has 0 bridgehead atoms. The molecule has 0 aliphatic heterocycles. The van der Waals surface area contributed by atoms with E-state index in [1.807, 2.05) is 6.07 Å². The van der Waals surface area contributed by atoms with Crippen LogP contribution >= 0.6 is 24.0 Å². The van der Waals surface area contributed by atoms with Crippen molar-refractivity contribution in [2.45, 2.75) is 46.6 Å². The molecular formula is C19H29IN4O. The first-order valence-corrected chi connectivity index (χ1v) is 8.45. The highest BCUT2D eigenvalue weighted by Crippen LogP contribution is 2.13. The van der Waals surface area contributed by atoms with Gasteiger partial charge in [0.1, 0.15) is 0 Å². The summed E-state index contributed by atoms with van der Waals surface area (Å²) < 4.78 is 5.33. The molecule has 0 saturated carbocycles. The van der Waals surface area contributed by atoms with Crippen molar-refractivity contribution in [2.75, 3.05) is 13.6 Å². The van der Waals surface area contributed by atoms with Gasteiger partial charge in [-0.25, -0.2) is 0 Å². The van der Waals surface area contributed by atoms with Crippen molar-refractivity contribution < 1.29 is 4.52 Å². The van der Waals surface area contributed by atoms with Gasteiger partial charge in [0.15, 0.2) is 11.7 Å². The van der Waals surface area contributed by atoms with E-state index in [-0.39, 0.29) is 24.0 Å². The van der Waals surface area contributed by atoms with E-state index in [2.05, 4.69) is 66.7 Å². The number of aromatic nitrogens is 1. The Kier molecular flexibility index (Phi) is 8.96. The summed E-state index contributed by atoms with van der Waals surface area (Å²) in [6.45, 7) is 9.88. The quantitative estimate of drug-likeness (QED) is 0.393. The molecule has 1 heterocycles. The maximum atomic E-state index is 5.33. The summed E-state index contributed by atoms with van der Waals surface area (Å²) in [5.41, 5.74) is 4.97. The van der Waals surface area contributed by atoms with Crippen LogP contribution in [0.3, 0.4) is 0 Å². The predicted octanol–water partition coefficient (Wildman–Crippen LogP) is 3.94. The zero-order chi connectivity index (χ0) is 17.5. The summed E-state index contributed by atoms with van der Waals surface area (Å²) in [6.07, 6.45) is 0.965. The predicted molar refractivity (Wildman–Crippen MR) is 114 cm³/mol. The van der Waals surface area contributed by atoms with E-state index < -0.39 is 0 Å². The fourth-order valence-electron chi connectivity index (χ4n) is 2.52. The van der Waals surface area contributed by atoms with Gasteiger partial charge in [-0.3, -0.25) is 4.99 Å². The number of benzene rings is 1. The van der Waals surface area contributed by atoms with E-state index >= 15 is 0 Å². The highest BCUT2D eigenvalue weighted by Gasteiger charge is 2.08. The van der Waals surface area contributed by atoms with Crippen LogP contribution in [0.15, 0.2) is 33.8 Å². The van der Waals surface area contributed by atoms with E-state index in [1.165, 1.54) is 16.7 Å². The second-order valence-corrected chi connectivity index (χ2v) is 6.41. The molecule has 5 nitrogen and oxygen atoms in total. The maximum absolute atomic E-state index is 5.33. The monoisotopic (exact) mass is 456 g/mol. The number of halogens is 1. The van der Waals surface area contributed by atoms with Gasteiger partial charge in [-0.05, 0) is 37.3 Å². The Labute approximate surface area is 167 Å². The van der Waals surface area contributed by atoms with Crippen LogP contribution in [0.2, 0.25) is 0 Å². The lowest BCUT2D eigenvalue weighted by molar-refractivity contribution is 0.372. The molecule has 0 saturated heterocycles. The Morgan fingerprint density at radius 3 is 2.56 bits per heavy atom. The molecule has 0 fully saturated rings. The molecule has 0 atom stereocenters. The lowest BCUT2D eigenvalue weighted by atomic mass is 10.0. The SMILES string of the molecule is CN=C(NCCc1ccc(C)cc1C)NCc1cc(C(C)C)no1.I. The van der Waals surface area contributed by atoms with E-state index in [9.17, 15) is 0 Å². The van der Waals surface area contributed by atoms with Crippen molar-refractivity contribution in [3.05, 3.63) is 52.4 Å². The molecule has 2 aromatic rings. The van der Waals surface area contributed by atoms with Gasteiger partial charge >= 0.3 is 0 Å². The van der Waals surface area contributed by atoms with Crippen LogP contribution in [0.1, 0.15) is 47.9 Å². The largest absolute Gasteiger partial charge is 0.359 e. The minimum atomic E-state index is 0. The molecule has 0 spiro atoms. The second kappa shape index (κ2) is 10.4. The fourth-order valence-corrected chi connectivity index (χ4v) is 2.52. The van der Waals surface area contributed by atoms with Gasteiger partial charge in [-0.2, -0.15) is 0 Å². The van der Waals surface area contributed by atoms with Crippen LogP contribution in [0.25, 0.3) is 0 Å². The molecule has 0 radical (unpaired) electrons. The average molecular weight is 456 g/mol. The number of rotatable bonds is 6. The van der Waals surface area contributed by atoms with Gasteiger partial charge in [0.05, 0.1) is 12.2 Å².